The van der Waals surface area contributed by atoms with Crippen molar-refractivity contribution in [2.45, 2.75) is 30.8 Å². The van der Waals surface area contributed by atoms with Crippen molar-refractivity contribution < 1.29 is 22.7 Å². The summed E-state index contributed by atoms with van der Waals surface area (Å²) in [7, 11) is -3.52. The maximum absolute atomic E-state index is 12.6. The van der Waals surface area contributed by atoms with Gasteiger partial charge in [0.15, 0.2) is 0 Å². The normalized spacial score (nSPS) is 20.0. The maximum Gasteiger partial charge on any atom is 0.309 e. The smallest absolute Gasteiger partial charge is 0.309 e. The summed E-state index contributed by atoms with van der Waals surface area (Å²) in [5, 5.41) is 0. The summed E-state index contributed by atoms with van der Waals surface area (Å²) >= 11 is 0. The van der Waals surface area contributed by atoms with Crippen LogP contribution in [0.2, 0.25) is 0 Å². The highest BCUT2D eigenvalue weighted by molar-refractivity contribution is 7.89. The zero-order valence-corrected chi connectivity index (χ0v) is 13.8. The van der Waals surface area contributed by atoms with E-state index >= 15 is 0 Å². The Balaban J connectivity index is 1.67. The average Bonchev–Trinajstić information content (AvgIpc) is 2.52. The van der Waals surface area contributed by atoms with Crippen molar-refractivity contribution in [3.8, 4) is 0 Å². The van der Waals surface area contributed by atoms with Crippen LogP contribution in [-0.2, 0) is 30.9 Å². The van der Waals surface area contributed by atoms with Crippen molar-refractivity contribution >= 4 is 16.0 Å². The molecule has 0 aromatic heterocycles. The first kappa shape index (κ1) is 16.4. The summed E-state index contributed by atoms with van der Waals surface area (Å²) in [5.74, 6) is -0.159. The SMILES string of the molecule is O=C(OCc1cccc(S(=O)(=O)N2CCOCC2)c1)C1CCC1. The summed E-state index contributed by atoms with van der Waals surface area (Å²) < 4.78 is 37.1. The molecule has 3 rings (SSSR count). The molecule has 0 N–H and O–H groups in total. The fourth-order valence-corrected chi connectivity index (χ4v) is 4.13. The van der Waals surface area contributed by atoms with Crippen molar-refractivity contribution in [1.82, 2.24) is 4.31 Å². The summed E-state index contributed by atoms with van der Waals surface area (Å²) in [6.45, 7) is 1.67. The number of hydrogen-bond acceptors (Lipinski definition) is 5. The summed E-state index contributed by atoms with van der Waals surface area (Å²) in [6.07, 6.45) is 2.86. The van der Waals surface area contributed by atoms with Crippen molar-refractivity contribution in [2.75, 3.05) is 26.3 Å². The highest BCUT2D eigenvalue weighted by atomic mass is 32.2. The van der Waals surface area contributed by atoms with E-state index in [1.165, 1.54) is 4.31 Å². The third kappa shape index (κ3) is 3.73. The maximum atomic E-state index is 12.6. The molecule has 0 bridgehead atoms. The average molecular weight is 339 g/mol. The van der Waals surface area contributed by atoms with Crippen LogP contribution in [0.15, 0.2) is 29.2 Å². The largest absolute Gasteiger partial charge is 0.461 e. The lowest BCUT2D eigenvalue weighted by molar-refractivity contribution is -0.152. The molecule has 1 saturated carbocycles. The van der Waals surface area contributed by atoms with Gasteiger partial charge in [0.2, 0.25) is 10.0 Å². The van der Waals surface area contributed by atoms with Gasteiger partial charge in [-0.2, -0.15) is 4.31 Å². The molecule has 1 aromatic carbocycles. The molecule has 2 fully saturated rings. The quantitative estimate of drug-likeness (QED) is 0.761. The molecule has 1 aliphatic carbocycles. The lowest BCUT2D eigenvalue weighted by Gasteiger charge is -2.26. The number of sulfonamides is 1. The van der Waals surface area contributed by atoms with Gasteiger partial charge < -0.3 is 9.47 Å². The first-order valence-electron chi connectivity index (χ1n) is 7.91. The van der Waals surface area contributed by atoms with Crippen LogP contribution >= 0.6 is 0 Å². The van der Waals surface area contributed by atoms with Crippen LogP contribution in [0.4, 0.5) is 0 Å². The lowest BCUT2D eigenvalue weighted by Crippen LogP contribution is -2.40. The van der Waals surface area contributed by atoms with Gasteiger partial charge in [0.05, 0.1) is 24.0 Å². The van der Waals surface area contributed by atoms with Gasteiger partial charge in [0.1, 0.15) is 6.61 Å². The molecule has 0 atom stereocenters. The van der Waals surface area contributed by atoms with Crippen LogP contribution in [-0.4, -0.2) is 45.0 Å². The Morgan fingerprint density at radius 2 is 2.00 bits per heavy atom. The van der Waals surface area contributed by atoms with E-state index in [4.69, 9.17) is 9.47 Å². The van der Waals surface area contributed by atoms with Gasteiger partial charge in [0, 0.05) is 13.1 Å². The van der Waals surface area contributed by atoms with Crippen molar-refractivity contribution in [2.24, 2.45) is 5.92 Å². The van der Waals surface area contributed by atoms with E-state index in [9.17, 15) is 13.2 Å². The number of ether oxygens (including phenoxy) is 2. The number of benzene rings is 1. The molecular weight excluding hydrogens is 318 g/mol. The van der Waals surface area contributed by atoms with E-state index in [1.807, 2.05) is 0 Å². The molecule has 1 saturated heterocycles. The van der Waals surface area contributed by atoms with Gasteiger partial charge >= 0.3 is 5.97 Å². The summed E-state index contributed by atoms with van der Waals surface area (Å²) in [5.41, 5.74) is 0.687. The van der Waals surface area contributed by atoms with Crippen LogP contribution in [0.25, 0.3) is 0 Å². The molecule has 23 heavy (non-hydrogen) atoms. The second-order valence-electron chi connectivity index (χ2n) is 5.90. The minimum Gasteiger partial charge on any atom is -0.461 e. The second-order valence-corrected chi connectivity index (χ2v) is 7.84. The number of esters is 1. The van der Waals surface area contributed by atoms with E-state index in [1.54, 1.807) is 24.3 Å². The number of carbonyl (C=O) groups excluding carboxylic acids is 1. The van der Waals surface area contributed by atoms with Crippen LogP contribution in [0.3, 0.4) is 0 Å². The predicted molar refractivity (Wildman–Crippen MR) is 83.2 cm³/mol. The fraction of sp³-hybridized carbons (Fsp3) is 0.562. The fourth-order valence-electron chi connectivity index (χ4n) is 2.65. The van der Waals surface area contributed by atoms with Gasteiger partial charge in [-0.15, -0.1) is 0 Å². The van der Waals surface area contributed by atoms with E-state index in [0.29, 0.717) is 31.9 Å². The zero-order chi connectivity index (χ0) is 16.3. The minimum absolute atomic E-state index is 0.0234. The number of nitrogens with zero attached hydrogens (tertiary/aromatic N) is 1. The topological polar surface area (TPSA) is 72.9 Å². The lowest BCUT2D eigenvalue weighted by atomic mass is 9.86. The number of carbonyl (C=O) groups is 1. The number of hydrogen-bond donors (Lipinski definition) is 0. The predicted octanol–water partition coefficient (Wildman–Crippen LogP) is 1.55. The molecule has 0 unspecified atom stereocenters. The first-order valence-corrected chi connectivity index (χ1v) is 9.35. The molecule has 1 aromatic rings. The Morgan fingerprint density at radius 3 is 2.65 bits per heavy atom. The number of morpholine rings is 1. The van der Waals surface area contributed by atoms with Crippen LogP contribution < -0.4 is 0 Å². The van der Waals surface area contributed by atoms with Crippen molar-refractivity contribution in [1.29, 1.82) is 0 Å². The molecule has 1 aliphatic heterocycles. The van der Waals surface area contributed by atoms with Gasteiger partial charge in [-0.1, -0.05) is 18.6 Å². The molecule has 6 nitrogen and oxygen atoms in total. The summed E-state index contributed by atoms with van der Waals surface area (Å²) in [6, 6.07) is 6.60. The van der Waals surface area contributed by atoms with Crippen LogP contribution in [0.1, 0.15) is 24.8 Å². The third-order valence-electron chi connectivity index (χ3n) is 4.33. The Morgan fingerprint density at radius 1 is 1.26 bits per heavy atom. The Hall–Kier alpha value is -1.44. The highest BCUT2D eigenvalue weighted by Gasteiger charge is 2.28. The molecule has 0 radical (unpaired) electrons. The molecule has 7 heteroatoms. The van der Waals surface area contributed by atoms with Gasteiger partial charge in [-0.25, -0.2) is 8.42 Å². The molecule has 0 spiro atoms. The second kappa shape index (κ2) is 6.98. The van der Waals surface area contributed by atoms with Crippen molar-refractivity contribution in [3.05, 3.63) is 29.8 Å². The minimum atomic E-state index is -3.52. The molecule has 2 aliphatic rings. The van der Waals surface area contributed by atoms with Gasteiger partial charge in [0.25, 0.3) is 0 Å². The van der Waals surface area contributed by atoms with E-state index in [0.717, 1.165) is 19.3 Å². The molecular formula is C16H21NO5S. The van der Waals surface area contributed by atoms with Crippen LogP contribution in [0.5, 0.6) is 0 Å². The highest BCUT2D eigenvalue weighted by Crippen LogP contribution is 2.28. The first-order chi connectivity index (χ1) is 11.1. The van der Waals surface area contributed by atoms with Crippen molar-refractivity contribution in [3.63, 3.8) is 0 Å². The van der Waals surface area contributed by atoms with E-state index in [2.05, 4.69) is 0 Å². The Labute approximate surface area is 136 Å². The van der Waals surface area contributed by atoms with Gasteiger partial charge in [-0.3, -0.25) is 4.79 Å². The summed E-state index contributed by atoms with van der Waals surface area (Å²) in [4.78, 5) is 12.0. The zero-order valence-electron chi connectivity index (χ0n) is 12.9. The molecule has 126 valence electrons. The number of rotatable bonds is 5. The third-order valence-corrected chi connectivity index (χ3v) is 6.22. The molecule has 0 amide bonds. The van der Waals surface area contributed by atoms with E-state index < -0.39 is 10.0 Å². The van der Waals surface area contributed by atoms with Crippen LogP contribution in [0, 0.1) is 5.92 Å². The Kier molecular flexibility index (Phi) is 4.99. The molecule has 1 heterocycles. The van der Waals surface area contributed by atoms with E-state index in [-0.39, 0.29) is 23.4 Å². The monoisotopic (exact) mass is 339 g/mol. The Bertz CT molecular complexity index is 663. The standard InChI is InChI=1S/C16H21NO5S/c18-16(14-4-2-5-14)22-12-13-3-1-6-15(11-13)23(19,20)17-7-9-21-10-8-17/h1,3,6,11,14H,2,4-5,7-10,12H2. The van der Waals surface area contributed by atoms with Gasteiger partial charge in [-0.05, 0) is 30.5 Å².